The van der Waals surface area contributed by atoms with E-state index in [0.29, 0.717) is 25.4 Å². The third-order valence-electron chi connectivity index (χ3n) is 5.72. The third-order valence-corrected chi connectivity index (χ3v) is 5.72. The lowest BCUT2D eigenvalue weighted by molar-refractivity contribution is -0.139. The number of amides is 3. The Kier molecular flexibility index (Phi) is 7.97. The molecule has 10 nitrogen and oxygen atoms in total. The van der Waals surface area contributed by atoms with E-state index in [1.165, 1.54) is 0 Å². The molecule has 0 spiro atoms. The lowest BCUT2D eigenvalue weighted by Crippen LogP contribution is -2.28. The average Bonchev–Trinajstić information content (AvgIpc) is 3.21. The molecule has 1 fully saturated rings. The number of fused-ring (bicyclic) bond motifs is 1. The molecule has 1 aliphatic heterocycles. The van der Waals surface area contributed by atoms with Crippen molar-refractivity contribution >= 4 is 28.7 Å². The van der Waals surface area contributed by atoms with Crippen molar-refractivity contribution in [1.82, 2.24) is 20.6 Å². The first-order valence-corrected chi connectivity index (χ1v) is 11.9. The van der Waals surface area contributed by atoms with Crippen LogP contribution in [-0.4, -0.2) is 53.7 Å². The highest BCUT2D eigenvalue weighted by atomic mass is 16.7. The van der Waals surface area contributed by atoms with Gasteiger partial charge in [-0.1, -0.05) is 12.1 Å². The normalized spacial score (nSPS) is 16.5. The van der Waals surface area contributed by atoms with E-state index in [4.69, 9.17) is 14.2 Å². The van der Waals surface area contributed by atoms with Crippen LogP contribution in [-0.2, 0) is 20.8 Å². The Hall–Kier alpha value is -3.76. The summed E-state index contributed by atoms with van der Waals surface area (Å²) in [7, 11) is 0. The van der Waals surface area contributed by atoms with Crippen molar-refractivity contribution in [3.05, 3.63) is 54.5 Å². The molecular weight excluding hydrogens is 462 g/mol. The number of carbonyl (C=O) groups is 2. The van der Waals surface area contributed by atoms with Crippen molar-refractivity contribution in [3.63, 3.8) is 0 Å². The summed E-state index contributed by atoms with van der Waals surface area (Å²) in [6.45, 7) is 7.04. The third kappa shape index (κ3) is 6.46. The zero-order chi connectivity index (χ0) is 25.5. The molecule has 4 rings (SSSR count). The van der Waals surface area contributed by atoms with Gasteiger partial charge >= 0.3 is 12.1 Å². The SMILES string of the molecule is CCNC(=O)Nc1cc2c(-c3ccncc3)ccc(CNC(=O)OCC[C@@H]3COC(C)(C)O3)c2cn1. The van der Waals surface area contributed by atoms with Crippen molar-refractivity contribution in [1.29, 1.82) is 0 Å². The van der Waals surface area contributed by atoms with Crippen LogP contribution in [0.5, 0.6) is 0 Å². The van der Waals surface area contributed by atoms with Gasteiger partial charge in [-0.15, -0.1) is 0 Å². The van der Waals surface area contributed by atoms with Crippen molar-refractivity contribution in [2.75, 3.05) is 25.1 Å². The summed E-state index contributed by atoms with van der Waals surface area (Å²) in [6, 6.07) is 9.27. The number of anilines is 1. The van der Waals surface area contributed by atoms with E-state index < -0.39 is 11.9 Å². The van der Waals surface area contributed by atoms with Crippen LogP contribution in [0, 0.1) is 0 Å². The zero-order valence-electron chi connectivity index (χ0n) is 20.7. The van der Waals surface area contributed by atoms with Crippen LogP contribution in [0.25, 0.3) is 21.9 Å². The van der Waals surface area contributed by atoms with Crippen LogP contribution < -0.4 is 16.0 Å². The number of rotatable bonds is 8. The average molecular weight is 494 g/mol. The van der Waals surface area contributed by atoms with E-state index in [2.05, 4.69) is 25.9 Å². The molecule has 1 aliphatic rings. The van der Waals surface area contributed by atoms with Gasteiger partial charge in [0.25, 0.3) is 0 Å². The molecule has 1 aromatic carbocycles. The van der Waals surface area contributed by atoms with Gasteiger partial charge in [-0.3, -0.25) is 10.3 Å². The first kappa shape index (κ1) is 25.3. The molecule has 0 bridgehead atoms. The predicted molar refractivity (Wildman–Crippen MR) is 135 cm³/mol. The molecule has 36 heavy (non-hydrogen) atoms. The van der Waals surface area contributed by atoms with Gasteiger partial charge in [0.2, 0.25) is 0 Å². The standard InChI is InChI=1S/C26H31N5O5/c1-4-28-24(32)31-23-13-21-20(17-7-10-27-11-8-17)6-5-18(22(21)15-29-23)14-30-25(33)34-12-9-19-16-35-26(2,3)36-19/h5-8,10-11,13,15,19H,4,9,12,14,16H2,1-3H3,(H,30,33)(H2,28,29,31,32)/t19-/m1/s1. The van der Waals surface area contributed by atoms with Gasteiger partial charge in [0.05, 0.1) is 19.3 Å². The van der Waals surface area contributed by atoms with Crippen LogP contribution in [0.1, 0.15) is 32.8 Å². The summed E-state index contributed by atoms with van der Waals surface area (Å²) in [5, 5.41) is 9.99. The number of carbonyl (C=O) groups excluding carboxylic acids is 2. The lowest BCUT2D eigenvalue weighted by atomic mass is 9.96. The first-order valence-electron chi connectivity index (χ1n) is 11.9. The smallest absolute Gasteiger partial charge is 0.407 e. The maximum atomic E-state index is 12.3. The topological polar surface area (TPSA) is 124 Å². The van der Waals surface area contributed by atoms with E-state index in [1.807, 2.05) is 51.1 Å². The highest BCUT2D eigenvalue weighted by Gasteiger charge is 2.32. The molecule has 0 aliphatic carbocycles. The van der Waals surface area contributed by atoms with Gasteiger partial charge in [-0.2, -0.15) is 0 Å². The molecule has 10 heteroatoms. The fourth-order valence-electron chi connectivity index (χ4n) is 4.03. The summed E-state index contributed by atoms with van der Waals surface area (Å²) in [5.41, 5.74) is 2.80. The molecule has 0 unspecified atom stereocenters. The Morgan fingerprint density at radius 1 is 1.14 bits per heavy atom. The summed E-state index contributed by atoms with van der Waals surface area (Å²) in [5.74, 6) is -0.172. The Labute approximate surface area is 209 Å². The zero-order valence-corrected chi connectivity index (χ0v) is 20.7. The Balaban J connectivity index is 1.46. The highest BCUT2D eigenvalue weighted by molar-refractivity contribution is 6.00. The molecule has 0 saturated carbocycles. The summed E-state index contributed by atoms with van der Waals surface area (Å²) >= 11 is 0. The molecule has 2 aromatic heterocycles. The van der Waals surface area contributed by atoms with E-state index in [1.54, 1.807) is 18.6 Å². The highest BCUT2D eigenvalue weighted by Crippen LogP contribution is 2.32. The molecule has 3 heterocycles. The minimum absolute atomic E-state index is 0.0919. The number of nitrogens with zero attached hydrogens (tertiary/aromatic N) is 2. The quantitative estimate of drug-likeness (QED) is 0.429. The van der Waals surface area contributed by atoms with Crippen molar-refractivity contribution < 1.29 is 23.8 Å². The molecular formula is C26H31N5O5. The molecule has 1 atom stereocenters. The predicted octanol–water partition coefficient (Wildman–Crippen LogP) is 4.21. The number of hydrogen-bond donors (Lipinski definition) is 3. The minimum Gasteiger partial charge on any atom is -0.449 e. The number of aromatic nitrogens is 2. The number of hydrogen-bond acceptors (Lipinski definition) is 7. The van der Waals surface area contributed by atoms with Gasteiger partial charge in [0.15, 0.2) is 5.79 Å². The largest absolute Gasteiger partial charge is 0.449 e. The monoisotopic (exact) mass is 493 g/mol. The van der Waals surface area contributed by atoms with Crippen LogP contribution >= 0.6 is 0 Å². The molecule has 1 saturated heterocycles. The summed E-state index contributed by atoms with van der Waals surface area (Å²) < 4.78 is 16.6. The Bertz CT molecular complexity index is 1220. The molecule has 0 radical (unpaired) electrons. The molecule has 3 aromatic rings. The number of pyridine rings is 2. The summed E-state index contributed by atoms with van der Waals surface area (Å²) in [4.78, 5) is 32.8. The van der Waals surface area contributed by atoms with Crippen LogP contribution in [0.4, 0.5) is 15.4 Å². The van der Waals surface area contributed by atoms with Gasteiger partial charge in [0, 0.05) is 43.5 Å². The van der Waals surface area contributed by atoms with Crippen molar-refractivity contribution in [3.8, 4) is 11.1 Å². The van der Waals surface area contributed by atoms with Crippen molar-refractivity contribution in [2.24, 2.45) is 0 Å². The number of benzene rings is 1. The number of urea groups is 1. The number of alkyl carbamates (subject to hydrolysis) is 1. The first-order chi connectivity index (χ1) is 17.3. The maximum Gasteiger partial charge on any atom is 0.407 e. The second-order valence-electron chi connectivity index (χ2n) is 8.84. The van der Waals surface area contributed by atoms with Crippen LogP contribution in [0.2, 0.25) is 0 Å². The fourth-order valence-corrected chi connectivity index (χ4v) is 4.03. The van der Waals surface area contributed by atoms with Gasteiger partial charge in [0.1, 0.15) is 5.82 Å². The Morgan fingerprint density at radius 3 is 2.67 bits per heavy atom. The lowest BCUT2D eigenvalue weighted by Gasteiger charge is -2.17. The van der Waals surface area contributed by atoms with E-state index in [-0.39, 0.29) is 25.3 Å². The number of ether oxygens (including phenoxy) is 3. The van der Waals surface area contributed by atoms with Gasteiger partial charge in [-0.05, 0) is 61.0 Å². The molecule has 3 N–H and O–H groups in total. The van der Waals surface area contributed by atoms with Crippen LogP contribution in [0.15, 0.2) is 48.9 Å². The van der Waals surface area contributed by atoms with Crippen molar-refractivity contribution in [2.45, 2.75) is 45.6 Å². The van der Waals surface area contributed by atoms with Crippen LogP contribution in [0.3, 0.4) is 0 Å². The second-order valence-corrected chi connectivity index (χ2v) is 8.84. The summed E-state index contributed by atoms with van der Waals surface area (Å²) in [6.07, 6.45) is 5.11. The molecule has 190 valence electrons. The van der Waals surface area contributed by atoms with Gasteiger partial charge < -0.3 is 24.8 Å². The van der Waals surface area contributed by atoms with E-state index in [0.717, 1.165) is 27.5 Å². The van der Waals surface area contributed by atoms with E-state index >= 15 is 0 Å². The maximum absolute atomic E-state index is 12.3. The van der Waals surface area contributed by atoms with Gasteiger partial charge in [-0.25, -0.2) is 14.6 Å². The second kappa shape index (κ2) is 11.3. The minimum atomic E-state index is -0.598. The Morgan fingerprint density at radius 2 is 1.94 bits per heavy atom. The fraction of sp³-hybridized carbons (Fsp3) is 0.385. The molecule has 3 amide bonds. The number of nitrogens with one attached hydrogen (secondary N) is 3. The van der Waals surface area contributed by atoms with E-state index in [9.17, 15) is 9.59 Å².